The predicted molar refractivity (Wildman–Crippen MR) is 148 cm³/mol. The molecule has 2 N–H and O–H groups in total. The van der Waals surface area contributed by atoms with Gasteiger partial charge in [0.1, 0.15) is 11.6 Å². The van der Waals surface area contributed by atoms with Crippen molar-refractivity contribution < 1.29 is 22.7 Å². The number of aromatic nitrogens is 1. The summed E-state index contributed by atoms with van der Waals surface area (Å²) in [7, 11) is -3.08. The van der Waals surface area contributed by atoms with Gasteiger partial charge in [-0.1, -0.05) is 30.3 Å². The molecule has 4 aromatic rings. The van der Waals surface area contributed by atoms with Crippen LogP contribution in [0.15, 0.2) is 66.7 Å². The van der Waals surface area contributed by atoms with Crippen LogP contribution in [0, 0.1) is 12.7 Å². The van der Waals surface area contributed by atoms with Crippen LogP contribution in [0.4, 0.5) is 15.9 Å². The first-order chi connectivity index (χ1) is 18.1. The van der Waals surface area contributed by atoms with Crippen molar-refractivity contribution in [1.82, 2.24) is 4.98 Å². The number of aryl methyl sites for hydroxylation is 1. The van der Waals surface area contributed by atoms with Crippen molar-refractivity contribution >= 4 is 38.2 Å². The molecule has 0 amide bonds. The lowest BCUT2D eigenvalue weighted by Crippen LogP contribution is -2.41. The van der Waals surface area contributed by atoms with Crippen LogP contribution in [0.25, 0.3) is 22.0 Å². The number of nitrogens with one attached hydrogen (secondary N) is 1. The highest BCUT2D eigenvalue weighted by atomic mass is 32.2. The normalized spacial score (nSPS) is 15.8. The van der Waals surface area contributed by atoms with Crippen LogP contribution >= 0.6 is 0 Å². The van der Waals surface area contributed by atoms with E-state index in [4.69, 9.17) is 4.98 Å². The number of benzene rings is 3. The molecular formula is C29H28FN3O4S. The Bertz CT molecular complexity index is 1620. The maximum absolute atomic E-state index is 13.8. The first-order valence-electron chi connectivity index (χ1n) is 12.4. The summed E-state index contributed by atoms with van der Waals surface area (Å²) in [5.74, 6) is -0.591. The summed E-state index contributed by atoms with van der Waals surface area (Å²) in [4.78, 5) is 18.7. The molecule has 0 bridgehead atoms. The molecule has 1 fully saturated rings. The molecule has 1 aliphatic rings. The molecule has 0 aliphatic carbocycles. The number of anilines is 2. The summed E-state index contributed by atoms with van der Waals surface area (Å²) >= 11 is 0. The zero-order chi connectivity index (χ0) is 27.0. The second-order valence-corrected chi connectivity index (χ2v) is 11.9. The van der Waals surface area contributed by atoms with Crippen molar-refractivity contribution in [2.45, 2.75) is 19.9 Å². The van der Waals surface area contributed by atoms with E-state index in [-0.39, 0.29) is 28.9 Å². The Hall–Kier alpha value is -3.98. The molecule has 2 heterocycles. The quantitative estimate of drug-likeness (QED) is 0.340. The molecular weight excluding hydrogens is 505 g/mol. The first-order valence-corrected chi connectivity index (χ1v) is 14.2. The zero-order valence-electron chi connectivity index (χ0n) is 21.1. The van der Waals surface area contributed by atoms with E-state index < -0.39 is 15.8 Å². The number of halogens is 1. The van der Waals surface area contributed by atoms with Gasteiger partial charge < -0.3 is 15.3 Å². The van der Waals surface area contributed by atoms with Crippen molar-refractivity contribution in [2.24, 2.45) is 0 Å². The predicted octanol–water partition coefficient (Wildman–Crippen LogP) is 5.46. The van der Waals surface area contributed by atoms with Crippen LogP contribution in [-0.2, 0) is 9.84 Å². The summed E-state index contributed by atoms with van der Waals surface area (Å²) in [6.07, 6.45) is 0. The third-order valence-electron chi connectivity index (χ3n) is 6.89. The smallest absolute Gasteiger partial charge is 0.337 e. The molecule has 0 saturated carbocycles. The summed E-state index contributed by atoms with van der Waals surface area (Å²) < 4.78 is 37.9. The lowest BCUT2D eigenvalue weighted by atomic mass is 9.95. The number of carboxylic acids is 1. The molecule has 1 unspecified atom stereocenters. The number of aromatic carboxylic acids is 1. The Kier molecular flexibility index (Phi) is 6.79. The highest BCUT2D eigenvalue weighted by Gasteiger charge is 2.26. The third-order valence-corrected chi connectivity index (χ3v) is 8.49. The fourth-order valence-electron chi connectivity index (χ4n) is 4.91. The molecule has 196 valence electrons. The molecule has 3 aromatic carbocycles. The van der Waals surface area contributed by atoms with E-state index in [1.807, 2.05) is 36.9 Å². The topological polar surface area (TPSA) is 99.6 Å². The number of nitrogens with zero attached hydrogens (tertiary/aromatic N) is 2. The maximum atomic E-state index is 13.8. The molecule has 0 radical (unpaired) electrons. The van der Waals surface area contributed by atoms with Gasteiger partial charge in [-0.3, -0.25) is 0 Å². The third kappa shape index (κ3) is 5.19. The van der Waals surface area contributed by atoms with Crippen molar-refractivity contribution in [3.63, 3.8) is 0 Å². The molecule has 38 heavy (non-hydrogen) atoms. The van der Waals surface area contributed by atoms with E-state index in [1.165, 1.54) is 12.1 Å². The lowest BCUT2D eigenvalue weighted by molar-refractivity contribution is 0.0698. The van der Waals surface area contributed by atoms with E-state index in [9.17, 15) is 22.7 Å². The number of hydrogen-bond acceptors (Lipinski definition) is 6. The van der Waals surface area contributed by atoms with Crippen molar-refractivity contribution in [3.8, 4) is 11.1 Å². The highest BCUT2D eigenvalue weighted by molar-refractivity contribution is 7.91. The van der Waals surface area contributed by atoms with Gasteiger partial charge in [0, 0.05) is 35.8 Å². The first kappa shape index (κ1) is 25.7. The van der Waals surface area contributed by atoms with Crippen molar-refractivity contribution in [3.05, 3.63) is 89.2 Å². The molecule has 5 rings (SSSR count). The average Bonchev–Trinajstić information content (AvgIpc) is 2.88. The second kappa shape index (κ2) is 10.1. The molecule has 7 nitrogen and oxygen atoms in total. The fraction of sp³-hybridized carbons (Fsp3) is 0.241. The van der Waals surface area contributed by atoms with E-state index in [1.54, 1.807) is 36.4 Å². The van der Waals surface area contributed by atoms with Gasteiger partial charge in [-0.05, 0) is 66.9 Å². The molecule has 0 spiro atoms. The zero-order valence-corrected chi connectivity index (χ0v) is 21.9. The SMILES string of the molecule is Cc1cc(C(C)Nc2ccccc2C(=O)O)c2cc(-c3ccc(F)cc3)c(N3CCS(=O)(=O)CC3)nc2c1. The summed E-state index contributed by atoms with van der Waals surface area (Å²) in [6, 6.07) is 18.7. The van der Waals surface area contributed by atoms with Crippen LogP contribution in [0.5, 0.6) is 0 Å². The standard InChI is InChI=1S/C29H28FN3O4S/c1-18-15-23(19(2)31-26-6-4-3-5-22(26)29(34)35)25-17-24(20-7-9-21(30)10-8-20)28(32-27(25)16-18)33-11-13-38(36,37)14-12-33/h3-10,15-17,19,31H,11-14H2,1-2H3,(H,34,35). The van der Waals surface area contributed by atoms with Gasteiger partial charge in [0.25, 0.3) is 0 Å². The fourth-order valence-corrected chi connectivity index (χ4v) is 6.11. The van der Waals surface area contributed by atoms with E-state index in [2.05, 4.69) is 5.32 Å². The summed E-state index contributed by atoms with van der Waals surface area (Å²) in [5, 5.41) is 13.8. The number of carboxylic acid groups (broad SMARTS) is 1. The van der Waals surface area contributed by atoms with Crippen molar-refractivity contribution in [1.29, 1.82) is 0 Å². The minimum atomic E-state index is -3.08. The Balaban J connectivity index is 1.65. The van der Waals surface area contributed by atoms with E-state index >= 15 is 0 Å². The Morgan fingerprint density at radius 2 is 1.74 bits per heavy atom. The number of sulfone groups is 1. The van der Waals surface area contributed by atoms with E-state index in [0.29, 0.717) is 24.6 Å². The number of pyridine rings is 1. The van der Waals surface area contributed by atoms with Gasteiger partial charge in [-0.25, -0.2) is 22.6 Å². The molecule has 1 atom stereocenters. The highest BCUT2D eigenvalue weighted by Crippen LogP contribution is 2.37. The molecule has 9 heteroatoms. The van der Waals surface area contributed by atoms with Crippen molar-refractivity contribution in [2.75, 3.05) is 34.8 Å². The van der Waals surface area contributed by atoms with Crippen LogP contribution in [0.1, 0.15) is 34.5 Å². The van der Waals surface area contributed by atoms with Crippen LogP contribution in [0.2, 0.25) is 0 Å². The Labute approximate surface area is 220 Å². The Morgan fingerprint density at radius 1 is 1.05 bits per heavy atom. The van der Waals surface area contributed by atoms with Gasteiger partial charge in [0.15, 0.2) is 9.84 Å². The molecule has 1 saturated heterocycles. The minimum Gasteiger partial charge on any atom is -0.478 e. The molecule has 1 aliphatic heterocycles. The largest absolute Gasteiger partial charge is 0.478 e. The van der Waals surface area contributed by atoms with Crippen LogP contribution < -0.4 is 10.2 Å². The van der Waals surface area contributed by atoms with Crippen LogP contribution in [-0.4, -0.2) is 49.1 Å². The number of para-hydroxylation sites is 1. The lowest BCUT2D eigenvalue weighted by Gasteiger charge is -2.30. The van der Waals surface area contributed by atoms with Gasteiger partial charge in [-0.2, -0.15) is 0 Å². The number of fused-ring (bicyclic) bond motifs is 1. The number of carbonyl (C=O) groups is 1. The summed E-state index contributed by atoms with van der Waals surface area (Å²) in [5.41, 5.74) is 4.91. The monoisotopic (exact) mass is 533 g/mol. The number of hydrogen-bond donors (Lipinski definition) is 2. The summed E-state index contributed by atoms with van der Waals surface area (Å²) in [6.45, 7) is 4.60. The van der Waals surface area contributed by atoms with Gasteiger partial charge >= 0.3 is 5.97 Å². The average molecular weight is 534 g/mol. The van der Waals surface area contributed by atoms with E-state index in [0.717, 1.165) is 33.2 Å². The van der Waals surface area contributed by atoms with Crippen LogP contribution in [0.3, 0.4) is 0 Å². The van der Waals surface area contributed by atoms with Gasteiger partial charge in [0.05, 0.1) is 22.6 Å². The molecule has 1 aromatic heterocycles. The maximum Gasteiger partial charge on any atom is 0.337 e. The minimum absolute atomic E-state index is 0.0541. The van der Waals surface area contributed by atoms with Gasteiger partial charge in [-0.15, -0.1) is 0 Å². The second-order valence-electron chi connectivity index (χ2n) is 9.64. The van der Waals surface area contributed by atoms with Gasteiger partial charge in [0.2, 0.25) is 0 Å². The number of rotatable bonds is 6. The Morgan fingerprint density at radius 3 is 2.42 bits per heavy atom.